The van der Waals surface area contributed by atoms with Gasteiger partial charge in [0.25, 0.3) is 5.91 Å². The smallest absolute Gasteiger partial charge is 0.398 e. The number of likely N-dealkylation sites (N-methyl/N-ethyl adjacent to an activating group) is 1. The average molecular weight is 439 g/mol. The number of benzene rings is 2. The molecular weight excluding hydrogens is 418 g/mol. The molecule has 1 amide bonds. The van der Waals surface area contributed by atoms with Crippen LogP contribution in [0.1, 0.15) is 34.7 Å². The van der Waals surface area contributed by atoms with E-state index in [0.717, 1.165) is 23.8 Å². The molecule has 0 fully saturated rings. The summed E-state index contributed by atoms with van der Waals surface area (Å²) in [7, 11) is 2.72. The molecule has 0 aliphatic heterocycles. The van der Waals surface area contributed by atoms with Gasteiger partial charge in [0.2, 0.25) is 0 Å². The Morgan fingerprint density at radius 3 is 2.42 bits per heavy atom. The van der Waals surface area contributed by atoms with E-state index in [1.54, 1.807) is 25.1 Å². The van der Waals surface area contributed by atoms with Crippen LogP contribution in [-0.2, 0) is 27.3 Å². The molecule has 31 heavy (non-hydrogen) atoms. The van der Waals surface area contributed by atoms with Crippen molar-refractivity contribution >= 4 is 17.3 Å². The van der Waals surface area contributed by atoms with Crippen LogP contribution in [0.3, 0.4) is 0 Å². The monoisotopic (exact) mass is 439 g/mol. The SMILES string of the molecule is CNC(=O)/C(=N/OC)c1cccc(C)c1CO/N=C(\C)c1c(F)cccc1C(F)(F)F. The number of nitrogens with one attached hydrogen (secondary N) is 1. The highest BCUT2D eigenvalue weighted by Gasteiger charge is 2.35. The first-order chi connectivity index (χ1) is 14.6. The number of carbonyl (C=O) groups excluding carboxylic acids is 1. The first-order valence-electron chi connectivity index (χ1n) is 9.06. The van der Waals surface area contributed by atoms with Crippen LogP contribution < -0.4 is 5.32 Å². The van der Waals surface area contributed by atoms with E-state index in [0.29, 0.717) is 11.1 Å². The highest BCUT2D eigenvalue weighted by Crippen LogP contribution is 2.33. The quantitative estimate of drug-likeness (QED) is 0.400. The second-order valence-corrected chi connectivity index (χ2v) is 6.41. The minimum atomic E-state index is -4.75. The van der Waals surface area contributed by atoms with Gasteiger partial charge in [0.05, 0.1) is 11.3 Å². The number of hydrogen-bond acceptors (Lipinski definition) is 5. The summed E-state index contributed by atoms with van der Waals surface area (Å²) in [6, 6.07) is 7.74. The van der Waals surface area contributed by atoms with E-state index in [-0.39, 0.29) is 18.0 Å². The Labute approximate surface area is 176 Å². The zero-order valence-corrected chi connectivity index (χ0v) is 17.3. The van der Waals surface area contributed by atoms with E-state index < -0.39 is 29.0 Å². The van der Waals surface area contributed by atoms with Crippen LogP contribution in [0.15, 0.2) is 46.7 Å². The first-order valence-corrected chi connectivity index (χ1v) is 9.06. The van der Waals surface area contributed by atoms with E-state index in [1.165, 1.54) is 21.1 Å². The van der Waals surface area contributed by atoms with Crippen LogP contribution in [0.2, 0.25) is 0 Å². The van der Waals surface area contributed by atoms with Crippen LogP contribution in [0.4, 0.5) is 17.6 Å². The lowest BCUT2D eigenvalue weighted by atomic mass is 9.98. The Hall–Kier alpha value is -3.43. The van der Waals surface area contributed by atoms with E-state index in [4.69, 9.17) is 9.68 Å². The topological polar surface area (TPSA) is 72.3 Å². The maximum atomic E-state index is 14.1. The van der Waals surface area contributed by atoms with Gasteiger partial charge in [0, 0.05) is 23.7 Å². The molecule has 0 bridgehead atoms. The zero-order chi connectivity index (χ0) is 23.2. The molecule has 166 valence electrons. The van der Waals surface area contributed by atoms with E-state index in [2.05, 4.69) is 15.6 Å². The zero-order valence-electron chi connectivity index (χ0n) is 17.3. The van der Waals surface area contributed by atoms with Crippen LogP contribution in [-0.4, -0.2) is 31.5 Å². The van der Waals surface area contributed by atoms with Gasteiger partial charge in [-0.2, -0.15) is 13.2 Å². The van der Waals surface area contributed by atoms with Gasteiger partial charge in [-0.25, -0.2) is 4.39 Å². The van der Waals surface area contributed by atoms with Crippen molar-refractivity contribution in [3.63, 3.8) is 0 Å². The number of amides is 1. The van der Waals surface area contributed by atoms with Crippen molar-refractivity contribution in [1.29, 1.82) is 0 Å². The third-order valence-corrected chi connectivity index (χ3v) is 4.38. The summed E-state index contributed by atoms with van der Waals surface area (Å²) in [6.07, 6.45) is -4.75. The molecule has 0 spiro atoms. The lowest BCUT2D eigenvalue weighted by Crippen LogP contribution is -2.29. The molecule has 2 aromatic carbocycles. The van der Waals surface area contributed by atoms with Crippen molar-refractivity contribution in [3.8, 4) is 0 Å². The van der Waals surface area contributed by atoms with Crippen molar-refractivity contribution in [3.05, 3.63) is 70.0 Å². The van der Waals surface area contributed by atoms with Gasteiger partial charge in [-0.15, -0.1) is 0 Å². The Kier molecular flexibility index (Phi) is 7.73. The summed E-state index contributed by atoms with van der Waals surface area (Å²) in [4.78, 5) is 22.2. The molecule has 2 rings (SSSR count). The highest BCUT2D eigenvalue weighted by atomic mass is 19.4. The fourth-order valence-electron chi connectivity index (χ4n) is 2.91. The fraction of sp³-hybridized carbons (Fsp3) is 0.286. The van der Waals surface area contributed by atoms with Gasteiger partial charge in [0.1, 0.15) is 19.5 Å². The van der Waals surface area contributed by atoms with Crippen molar-refractivity contribution < 1.29 is 32.0 Å². The molecule has 0 aliphatic carbocycles. The maximum Gasteiger partial charge on any atom is 0.417 e. The number of rotatable bonds is 7. The molecule has 1 N–H and O–H groups in total. The predicted octanol–water partition coefficient (Wildman–Crippen LogP) is 4.19. The average Bonchev–Trinajstić information content (AvgIpc) is 2.71. The fourth-order valence-corrected chi connectivity index (χ4v) is 2.91. The summed E-state index contributed by atoms with van der Waals surface area (Å²) >= 11 is 0. The molecule has 0 aliphatic rings. The highest BCUT2D eigenvalue weighted by molar-refractivity contribution is 6.45. The minimum absolute atomic E-state index is 0.0125. The standard InChI is InChI=1S/C21H21F4N3O3/c1-12-7-5-8-14(19(28-30-4)20(29)26-3)15(12)11-31-27-13(2)18-16(21(23,24)25)9-6-10-17(18)22/h5-10H,11H2,1-4H3,(H,26,29)/b27-13+,28-19+. The normalized spacial score (nSPS) is 12.5. The van der Waals surface area contributed by atoms with Crippen LogP contribution >= 0.6 is 0 Å². The van der Waals surface area contributed by atoms with Crippen molar-refractivity contribution in [2.45, 2.75) is 26.6 Å². The van der Waals surface area contributed by atoms with Gasteiger partial charge < -0.3 is 15.0 Å². The van der Waals surface area contributed by atoms with Crippen LogP contribution in [0.25, 0.3) is 0 Å². The Balaban J connectivity index is 2.38. The minimum Gasteiger partial charge on any atom is -0.398 e. The van der Waals surface area contributed by atoms with Gasteiger partial charge >= 0.3 is 6.18 Å². The van der Waals surface area contributed by atoms with Crippen molar-refractivity contribution in [2.24, 2.45) is 10.3 Å². The van der Waals surface area contributed by atoms with Crippen molar-refractivity contribution in [2.75, 3.05) is 14.2 Å². The number of hydrogen-bond donors (Lipinski definition) is 1. The Bertz CT molecular complexity index is 1020. The third kappa shape index (κ3) is 5.59. The largest absolute Gasteiger partial charge is 0.417 e. The second-order valence-electron chi connectivity index (χ2n) is 6.41. The summed E-state index contributed by atoms with van der Waals surface area (Å²) in [5.74, 6) is -1.57. The summed E-state index contributed by atoms with van der Waals surface area (Å²) in [5, 5.41) is 9.88. The first kappa shape index (κ1) is 23.8. The molecule has 0 atom stereocenters. The van der Waals surface area contributed by atoms with E-state index in [9.17, 15) is 22.4 Å². The number of halogens is 4. The van der Waals surface area contributed by atoms with Crippen molar-refractivity contribution in [1.82, 2.24) is 5.32 Å². The Morgan fingerprint density at radius 2 is 1.81 bits per heavy atom. The molecule has 6 nitrogen and oxygen atoms in total. The molecule has 0 saturated heterocycles. The number of aryl methyl sites for hydroxylation is 1. The number of carbonyl (C=O) groups is 1. The Morgan fingerprint density at radius 1 is 1.13 bits per heavy atom. The third-order valence-electron chi connectivity index (χ3n) is 4.38. The lowest BCUT2D eigenvalue weighted by molar-refractivity contribution is -0.137. The maximum absolute atomic E-state index is 14.1. The molecule has 10 heteroatoms. The number of alkyl halides is 3. The van der Waals surface area contributed by atoms with Gasteiger partial charge in [0.15, 0.2) is 5.71 Å². The summed E-state index contributed by atoms with van der Waals surface area (Å²) < 4.78 is 53.8. The summed E-state index contributed by atoms with van der Waals surface area (Å²) in [6.45, 7) is 2.77. The molecule has 0 saturated carbocycles. The molecule has 0 aromatic heterocycles. The molecule has 0 heterocycles. The van der Waals surface area contributed by atoms with E-state index >= 15 is 0 Å². The van der Waals surface area contributed by atoms with Crippen LogP contribution in [0.5, 0.6) is 0 Å². The predicted molar refractivity (Wildman–Crippen MR) is 107 cm³/mol. The van der Waals surface area contributed by atoms with Gasteiger partial charge in [-0.05, 0) is 31.5 Å². The molecule has 2 aromatic rings. The summed E-state index contributed by atoms with van der Waals surface area (Å²) in [5.41, 5.74) is -0.493. The van der Waals surface area contributed by atoms with Crippen LogP contribution in [0, 0.1) is 12.7 Å². The molecular formula is C21H21F4N3O3. The lowest BCUT2D eigenvalue weighted by Gasteiger charge is -2.14. The molecule has 0 radical (unpaired) electrons. The number of nitrogens with zero attached hydrogens (tertiary/aromatic N) is 2. The molecule has 0 unspecified atom stereocenters. The second kappa shape index (κ2) is 10.1. The number of oxime groups is 2. The van der Waals surface area contributed by atoms with Gasteiger partial charge in [-0.3, -0.25) is 4.79 Å². The van der Waals surface area contributed by atoms with Gasteiger partial charge in [-0.1, -0.05) is 34.6 Å². The van der Waals surface area contributed by atoms with E-state index in [1.807, 2.05) is 0 Å².